The maximum Gasteiger partial charge on any atom is 0.257 e. The van der Waals surface area contributed by atoms with E-state index in [0.29, 0.717) is 31.3 Å². The first-order valence-corrected chi connectivity index (χ1v) is 12.2. The third-order valence-corrected chi connectivity index (χ3v) is 7.56. The van der Waals surface area contributed by atoms with Crippen LogP contribution >= 0.6 is 0 Å². The van der Waals surface area contributed by atoms with Crippen LogP contribution in [0, 0.1) is 5.92 Å². The minimum absolute atomic E-state index is 0.0896. The van der Waals surface area contributed by atoms with Crippen molar-refractivity contribution in [3.8, 4) is 5.75 Å². The fraction of sp³-hybridized carbons (Fsp3) is 0.667. The van der Waals surface area contributed by atoms with Gasteiger partial charge in [-0.15, -0.1) is 0 Å². The summed E-state index contributed by atoms with van der Waals surface area (Å²) in [7, 11) is -3.47. The van der Waals surface area contributed by atoms with E-state index in [4.69, 9.17) is 9.47 Å². The lowest BCUT2D eigenvalue weighted by molar-refractivity contribution is -0.123. The standard InChI is InChI=1S/C21H33N3O5S/c1-18-7-11-24(12-8-18)30(26,27)20-5-3-19(4-6-20)29-17-21(25)22-9-2-10-23-13-15-28-16-14-23/h3-6,18H,2,7-17H2,1H3,(H,22,25). The molecule has 2 aliphatic heterocycles. The quantitative estimate of drug-likeness (QED) is 0.584. The van der Waals surface area contributed by atoms with Crippen LogP contribution in [-0.4, -0.2) is 82.6 Å². The van der Waals surface area contributed by atoms with Gasteiger partial charge in [0, 0.05) is 32.7 Å². The Balaban J connectivity index is 1.38. The third-order valence-electron chi connectivity index (χ3n) is 5.65. The fourth-order valence-electron chi connectivity index (χ4n) is 3.64. The van der Waals surface area contributed by atoms with Crippen LogP contribution in [0.15, 0.2) is 29.2 Å². The molecule has 30 heavy (non-hydrogen) atoms. The number of carbonyl (C=O) groups is 1. The van der Waals surface area contributed by atoms with E-state index in [1.54, 1.807) is 28.6 Å². The van der Waals surface area contributed by atoms with E-state index >= 15 is 0 Å². The molecule has 0 aromatic heterocycles. The van der Waals surface area contributed by atoms with Crippen molar-refractivity contribution in [1.82, 2.24) is 14.5 Å². The molecule has 2 heterocycles. The van der Waals surface area contributed by atoms with Gasteiger partial charge >= 0.3 is 0 Å². The summed E-state index contributed by atoms with van der Waals surface area (Å²) < 4.78 is 37.8. The molecule has 8 nitrogen and oxygen atoms in total. The van der Waals surface area contributed by atoms with Crippen molar-refractivity contribution in [3.63, 3.8) is 0 Å². The van der Waals surface area contributed by atoms with Crippen molar-refractivity contribution < 1.29 is 22.7 Å². The topological polar surface area (TPSA) is 88.2 Å². The van der Waals surface area contributed by atoms with E-state index in [9.17, 15) is 13.2 Å². The Bertz CT molecular complexity index is 770. The molecule has 2 aliphatic rings. The van der Waals surface area contributed by atoms with Crippen LogP contribution in [0.4, 0.5) is 0 Å². The Morgan fingerprint density at radius 3 is 2.47 bits per heavy atom. The average Bonchev–Trinajstić information content (AvgIpc) is 2.76. The highest BCUT2D eigenvalue weighted by Gasteiger charge is 2.27. The predicted molar refractivity (Wildman–Crippen MR) is 114 cm³/mol. The molecule has 1 aromatic carbocycles. The van der Waals surface area contributed by atoms with E-state index in [2.05, 4.69) is 17.1 Å². The summed E-state index contributed by atoms with van der Waals surface area (Å²) in [5, 5.41) is 2.85. The average molecular weight is 440 g/mol. The predicted octanol–water partition coefficient (Wildman–Crippen LogP) is 1.32. The van der Waals surface area contributed by atoms with Gasteiger partial charge < -0.3 is 14.8 Å². The zero-order chi connectivity index (χ0) is 21.4. The Hall–Kier alpha value is -1.68. The van der Waals surface area contributed by atoms with Crippen molar-refractivity contribution >= 4 is 15.9 Å². The second-order valence-electron chi connectivity index (χ2n) is 8.00. The third kappa shape index (κ3) is 6.66. The largest absolute Gasteiger partial charge is 0.484 e. The number of benzene rings is 1. The van der Waals surface area contributed by atoms with Gasteiger partial charge in [0.25, 0.3) is 5.91 Å². The van der Waals surface area contributed by atoms with Gasteiger partial charge in [0.1, 0.15) is 5.75 Å². The summed E-state index contributed by atoms with van der Waals surface area (Å²) in [4.78, 5) is 14.5. The number of ether oxygens (including phenoxy) is 2. The molecular weight excluding hydrogens is 406 g/mol. The van der Waals surface area contributed by atoms with Gasteiger partial charge in [-0.1, -0.05) is 6.92 Å². The molecule has 3 rings (SSSR count). The number of nitrogens with one attached hydrogen (secondary N) is 1. The number of sulfonamides is 1. The molecule has 9 heteroatoms. The van der Waals surface area contributed by atoms with Gasteiger partial charge in [0.05, 0.1) is 18.1 Å². The van der Waals surface area contributed by atoms with Crippen LogP contribution in [0.3, 0.4) is 0 Å². The maximum atomic E-state index is 12.7. The van der Waals surface area contributed by atoms with Crippen LogP contribution in [0.25, 0.3) is 0 Å². The molecule has 168 valence electrons. The van der Waals surface area contributed by atoms with E-state index in [-0.39, 0.29) is 17.4 Å². The van der Waals surface area contributed by atoms with Crippen molar-refractivity contribution in [1.29, 1.82) is 0 Å². The first-order valence-electron chi connectivity index (χ1n) is 10.7. The van der Waals surface area contributed by atoms with Crippen LogP contribution in [0.2, 0.25) is 0 Å². The van der Waals surface area contributed by atoms with E-state index in [0.717, 1.165) is 52.1 Å². The van der Waals surface area contributed by atoms with Gasteiger partial charge in [-0.25, -0.2) is 8.42 Å². The van der Waals surface area contributed by atoms with Crippen molar-refractivity contribution in [2.45, 2.75) is 31.1 Å². The Morgan fingerprint density at radius 1 is 1.13 bits per heavy atom. The molecule has 0 radical (unpaired) electrons. The molecule has 0 aliphatic carbocycles. The van der Waals surface area contributed by atoms with E-state index < -0.39 is 10.0 Å². The molecule has 0 unspecified atom stereocenters. The number of rotatable bonds is 9. The summed E-state index contributed by atoms with van der Waals surface area (Å²) in [5.74, 6) is 0.860. The lowest BCUT2D eigenvalue weighted by atomic mass is 10.0. The Morgan fingerprint density at radius 2 is 1.80 bits per heavy atom. The van der Waals surface area contributed by atoms with E-state index in [1.807, 2.05) is 0 Å². The van der Waals surface area contributed by atoms with Gasteiger partial charge in [0.15, 0.2) is 6.61 Å². The molecule has 1 aromatic rings. The first kappa shape index (κ1) is 23.0. The molecule has 0 spiro atoms. The monoisotopic (exact) mass is 439 g/mol. The molecule has 0 atom stereocenters. The fourth-order valence-corrected chi connectivity index (χ4v) is 5.11. The van der Waals surface area contributed by atoms with Crippen molar-refractivity contribution in [2.75, 3.05) is 59.1 Å². The number of nitrogens with zero attached hydrogens (tertiary/aromatic N) is 2. The summed E-state index contributed by atoms with van der Waals surface area (Å²) >= 11 is 0. The Kier molecular flexibility index (Phi) is 8.50. The van der Waals surface area contributed by atoms with E-state index in [1.165, 1.54) is 0 Å². The molecule has 0 bridgehead atoms. The molecule has 0 saturated carbocycles. The summed E-state index contributed by atoms with van der Waals surface area (Å²) in [6.45, 7) is 8.17. The molecule has 2 saturated heterocycles. The minimum atomic E-state index is -3.47. The highest BCUT2D eigenvalue weighted by molar-refractivity contribution is 7.89. The molecule has 1 amide bonds. The molecule has 1 N–H and O–H groups in total. The lowest BCUT2D eigenvalue weighted by Gasteiger charge is -2.29. The number of morpholine rings is 1. The number of piperidine rings is 1. The van der Waals surface area contributed by atoms with Gasteiger partial charge in [-0.2, -0.15) is 4.31 Å². The van der Waals surface area contributed by atoms with Crippen LogP contribution < -0.4 is 10.1 Å². The lowest BCUT2D eigenvalue weighted by Crippen LogP contribution is -2.38. The molecule has 2 fully saturated rings. The highest BCUT2D eigenvalue weighted by Crippen LogP contribution is 2.24. The zero-order valence-corrected chi connectivity index (χ0v) is 18.5. The van der Waals surface area contributed by atoms with Crippen LogP contribution in [-0.2, 0) is 19.6 Å². The summed E-state index contributed by atoms with van der Waals surface area (Å²) in [6.07, 6.45) is 2.66. The number of carbonyl (C=O) groups excluding carboxylic acids is 1. The zero-order valence-electron chi connectivity index (χ0n) is 17.7. The minimum Gasteiger partial charge on any atom is -0.484 e. The highest BCUT2D eigenvalue weighted by atomic mass is 32.2. The maximum absolute atomic E-state index is 12.7. The van der Waals surface area contributed by atoms with Crippen LogP contribution in [0.5, 0.6) is 5.75 Å². The SMILES string of the molecule is CC1CCN(S(=O)(=O)c2ccc(OCC(=O)NCCCN3CCOCC3)cc2)CC1. The number of hydrogen-bond acceptors (Lipinski definition) is 6. The van der Waals surface area contributed by atoms with Gasteiger partial charge in [0.2, 0.25) is 10.0 Å². The Labute approximate surface area is 179 Å². The second kappa shape index (κ2) is 11.1. The molecular formula is C21H33N3O5S. The smallest absolute Gasteiger partial charge is 0.257 e. The summed E-state index contributed by atoms with van der Waals surface area (Å²) in [6, 6.07) is 6.29. The first-order chi connectivity index (χ1) is 14.4. The van der Waals surface area contributed by atoms with Gasteiger partial charge in [-0.05, 0) is 56.0 Å². The normalized spacial score (nSPS) is 19.5. The summed E-state index contributed by atoms with van der Waals surface area (Å²) in [5.41, 5.74) is 0. The van der Waals surface area contributed by atoms with Crippen molar-refractivity contribution in [2.24, 2.45) is 5.92 Å². The second-order valence-corrected chi connectivity index (χ2v) is 9.94. The number of amides is 1. The van der Waals surface area contributed by atoms with Crippen LogP contribution in [0.1, 0.15) is 26.2 Å². The van der Waals surface area contributed by atoms with Crippen molar-refractivity contribution in [3.05, 3.63) is 24.3 Å². The number of hydrogen-bond donors (Lipinski definition) is 1. The van der Waals surface area contributed by atoms with Gasteiger partial charge in [-0.3, -0.25) is 9.69 Å².